The van der Waals surface area contributed by atoms with E-state index in [1.54, 1.807) is 18.5 Å². The summed E-state index contributed by atoms with van der Waals surface area (Å²) in [6, 6.07) is 0. The van der Waals surface area contributed by atoms with E-state index in [1.807, 2.05) is 0 Å². The van der Waals surface area contributed by atoms with Crippen LogP contribution >= 0.6 is 23.2 Å². The summed E-state index contributed by atoms with van der Waals surface area (Å²) in [6.07, 6.45) is 32.8. The highest BCUT2D eigenvalue weighted by atomic mass is 32.5. The third kappa shape index (κ3) is 16.6. The van der Waals surface area contributed by atoms with Gasteiger partial charge in [-0.25, -0.2) is 0 Å². The van der Waals surface area contributed by atoms with Crippen molar-refractivity contribution in [3.05, 3.63) is 0 Å². The van der Waals surface area contributed by atoms with Gasteiger partial charge < -0.3 is 0 Å². The number of hydrogen-bond donors (Lipinski definition) is 0. The van der Waals surface area contributed by atoms with Crippen LogP contribution in [0.3, 0.4) is 0 Å². The summed E-state index contributed by atoms with van der Waals surface area (Å²) >= 11 is 0. The lowest BCUT2D eigenvalue weighted by molar-refractivity contribution is 0.617. The second-order valence-corrected chi connectivity index (χ2v) is 21.6. The first kappa shape index (κ1) is 30.3. The normalized spacial score (nSPS) is 13.1. The molecule has 3 heteroatoms. The summed E-state index contributed by atoms with van der Waals surface area (Å²) in [5.74, 6) is 0. The second kappa shape index (κ2) is 22.5. The van der Waals surface area contributed by atoms with Crippen LogP contribution in [-0.2, 0) is 0 Å². The van der Waals surface area contributed by atoms with Gasteiger partial charge in [0.05, 0.1) is 25.8 Å². The molecule has 0 aliphatic heterocycles. The zero-order valence-electron chi connectivity index (χ0n) is 21.0. The third-order valence-corrected chi connectivity index (χ3v) is 23.3. The van der Waals surface area contributed by atoms with Crippen molar-refractivity contribution < 1.29 is 0 Å². The monoisotopic (exact) mass is 463 g/mol. The maximum Gasteiger partial charge on any atom is 0.0719 e. The first-order valence-corrected chi connectivity index (χ1v) is 19.7. The standard InChI is InChI=1S/C26H58P3/c1-5-9-12-15-18-21-24-29(28(27)8-4,25-22-19-16-13-10-6-2)26-23-20-17-14-11-7-3/h5-27H2,1-4H3/q+1. The minimum absolute atomic E-state index is 0.219. The van der Waals surface area contributed by atoms with Crippen LogP contribution in [0.2, 0.25) is 0 Å². The topological polar surface area (TPSA) is 0 Å². The molecule has 2 unspecified atom stereocenters. The first-order chi connectivity index (χ1) is 14.2. The van der Waals surface area contributed by atoms with E-state index < -0.39 is 6.95 Å². The van der Waals surface area contributed by atoms with Crippen LogP contribution in [0.5, 0.6) is 0 Å². The van der Waals surface area contributed by atoms with Crippen LogP contribution in [0, 0.1) is 0 Å². The lowest BCUT2D eigenvalue weighted by Crippen LogP contribution is -2.07. The largest absolute Gasteiger partial charge is 0.0719 e. The Morgan fingerprint density at radius 3 is 1.00 bits per heavy atom. The Morgan fingerprint density at radius 2 is 0.724 bits per heavy atom. The number of unbranched alkanes of at least 4 members (excludes halogenated alkanes) is 15. The van der Waals surface area contributed by atoms with Gasteiger partial charge >= 0.3 is 0 Å². The molecule has 0 amide bonds. The smallest absolute Gasteiger partial charge is 0.0695 e. The van der Waals surface area contributed by atoms with Gasteiger partial charge in [-0.15, -0.1) is 0 Å². The molecule has 0 saturated carbocycles. The van der Waals surface area contributed by atoms with Gasteiger partial charge in [-0.3, -0.25) is 0 Å². The van der Waals surface area contributed by atoms with Gasteiger partial charge in [-0.2, -0.15) is 0 Å². The van der Waals surface area contributed by atoms with Crippen molar-refractivity contribution >= 4 is 23.2 Å². The fourth-order valence-electron chi connectivity index (χ4n) is 4.58. The lowest BCUT2D eigenvalue weighted by atomic mass is 10.1. The predicted molar refractivity (Wildman–Crippen MR) is 149 cm³/mol. The summed E-state index contributed by atoms with van der Waals surface area (Å²) in [5.41, 5.74) is 0. The SMILES string of the molecule is CCCCCCCC[P+](CCCCCCCC)(CCCCCCCC)P(P)CC. The Kier molecular flexibility index (Phi) is 23.5. The number of hydrogen-bond acceptors (Lipinski definition) is 0. The van der Waals surface area contributed by atoms with Crippen molar-refractivity contribution in [3.8, 4) is 0 Å². The molecule has 0 nitrogen and oxygen atoms in total. The minimum atomic E-state index is -0.726. The van der Waals surface area contributed by atoms with Crippen LogP contribution < -0.4 is 0 Å². The first-order valence-electron chi connectivity index (χ1n) is 13.6. The Labute approximate surface area is 191 Å². The molecule has 0 spiro atoms. The zero-order valence-corrected chi connectivity index (χ0v) is 24.0. The Balaban J connectivity index is 4.62. The van der Waals surface area contributed by atoms with E-state index >= 15 is 0 Å². The Bertz CT molecular complexity index is 278. The van der Waals surface area contributed by atoms with Crippen molar-refractivity contribution in [1.82, 2.24) is 0 Å². The molecule has 0 N–H and O–H groups in total. The third-order valence-electron chi connectivity index (χ3n) is 6.65. The van der Waals surface area contributed by atoms with Crippen molar-refractivity contribution in [2.75, 3.05) is 24.6 Å². The quantitative estimate of drug-likeness (QED) is 0.104. The summed E-state index contributed by atoms with van der Waals surface area (Å²) in [5, 5.41) is 0. The van der Waals surface area contributed by atoms with Crippen molar-refractivity contribution in [2.45, 2.75) is 143 Å². The summed E-state index contributed by atoms with van der Waals surface area (Å²) in [6.45, 7) is 8.76. The van der Waals surface area contributed by atoms with Crippen LogP contribution in [0.25, 0.3) is 0 Å². The van der Waals surface area contributed by atoms with Crippen LogP contribution in [-0.4, -0.2) is 24.6 Å². The van der Waals surface area contributed by atoms with Crippen LogP contribution in [0.4, 0.5) is 0 Å². The maximum absolute atomic E-state index is 3.41. The van der Waals surface area contributed by atoms with E-state index in [0.29, 0.717) is 0 Å². The highest BCUT2D eigenvalue weighted by Crippen LogP contribution is 2.88. The van der Waals surface area contributed by atoms with Crippen molar-refractivity contribution in [3.63, 3.8) is 0 Å². The van der Waals surface area contributed by atoms with Crippen molar-refractivity contribution in [1.29, 1.82) is 0 Å². The van der Waals surface area contributed by atoms with E-state index in [0.717, 1.165) is 0 Å². The molecule has 0 bridgehead atoms. The molecule has 0 aromatic heterocycles. The zero-order chi connectivity index (χ0) is 21.6. The minimum Gasteiger partial charge on any atom is -0.0695 e. The molecule has 29 heavy (non-hydrogen) atoms. The summed E-state index contributed by atoms with van der Waals surface area (Å²) in [4.78, 5) is 0. The molecule has 0 aliphatic carbocycles. The molecule has 0 aliphatic rings. The second-order valence-electron chi connectivity index (χ2n) is 9.32. The Morgan fingerprint density at radius 1 is 0.448 bits per heavy atom. The predicted octanol–water partition coefficient (Wildman–Crippen LogP) is 11.3. The van der Waals surface area contributed by atoms with E-state index in [9.17, 15) is 0 Å². The van der Waals surface area contributed by atoms with E-state index in [4.69, 9.17) is 0 Å². The van der Waals surface area contributed by atoms with Gasteiger partial charge in [-0.05, 0) is 38.5 Å². The summed E-state index contributed by atoms with van der Waals surface area (Å²) in [7, 11) is 3.63. The van der Waals surface area contributed by atoms with Crippen LogP contribution in [0.1, 0.15) is 143 Å². The average Bonchev–Trinajstić information content (AvgIpc) is 2.74. The highest BCUT2D eigenvalue weighted by Gasteiger charge is 2.41. The van der Waals surface area contributed by atoms with Crippen molar-refractivity contribution in [2.24, 2.45) is 0 Å². The Hall–Kier alpha value is 1.29. The van der Waals surface area contributed by atoms with Gasteiger partial charge in [0.25, 0.3) is 0 Å². The molecular weight excluding hydrogens is 405 g/mol. The van der Waals surface area contributed by atoms with Gasteiger partial charge in [0.2, 0.25) is 0 Å². The molecule has 0 saturated heterocycles. The highest BCUT2D eigenvalue weighted by molar-refractivity contribution is 8.58. The molecule has 176 valence electrons. The molecule has 0 fully saturated rings. The molecule has 0 aromatic carbocycles. The lowest BCUT2D eigenvalue weighted by Gasteiger charge is -2.33. The molecule has 0 aromatic rings. The molecule has 2 atom stereocenters. The van der Waals surface area contributed by atoms with E-state index in [2.05, 4.69) is 36.6 Å². The molecule has 0 heterocycles. The average molecular weight is 464 g/mol. The van der Waals surface area contributed by atoms with Gasteiger partial charge in [0.15, 0.2) is 0 Å². The van der Waals surface area contributed by atoms with Crippen LogP contribution in [0.15, 0.2) is 0 Å². The van der Waals surface area contributed by atoms with E-state index in [1.165, 1.54) is 122 Å². The van der Waals surface area contributed by atoms with Gasteiger partial charge in [0.1, 0.15) is 0 Å². The van der Waals surface area contributed by atoms with E-state index in [-0.39, 0.29) is 7.30 Å². The molecule has 0 rings (SSSR count). The molecular formula is C26H58P3+. The maximum atomic E-state index is 3.41. The summed E-state index contributed by atoms with van der Waals surface area (Å²) < 4.78 is 0. The molecule has 0 radical (unpaired) electrons. The fourth-order valence-corrected chi connectivity index (χ4v) is 17.6. The fraction of sp³-hybridized carbons (Fsp3) is 1.00. The van der Waals surface area contributed by atoms with Gasteiger partial charge in [-0.1, -0.05) is 114 Å². The van der Waals surface area contributed by atoms with Gasteiger partial charge in [0, 0.05) is 13.1 Å². The number of rotatable bonds is 23.